The van der Waals surface area contributed by atoms with E-state index in [4.69, 9.17) is 0 Å². The van der Waals surface area contributed by atoms with E-state index in [0.717, 1.165) is 48.8 Å². The van der Waals surface area contributed by atoms with Crippen LogP contribution in [0.5, 0.6) is 0 Å². The molecule has 2 heterocycles. The number of hydrogen-bond acceptors (Lipinski definition) is 1. The second-order valence-corrected chi connectivity index (χ2v) is 6.81. The minimum absolute atomic E-state index is 0.109. The summed E-state index contributed by atoms with van der Waals surface area (Å²) in [5, 5.41) is 0.987. The lowest BCUT2D eigenvalue weighted by Crippen LogP contribution is -2.38. The zero-order chi connectivity index (χ0) is 17.2. The molecule has 0 unspecified atom stereocenters. The summed E-state index contributed by atoms with van der Waals surface area (Å²) in [6, 6.07) is 14.7. The highest BCUT2D eigenvalue weighted by atomic mass is 19.1. The molecule has 1 amide bonds. The number of carbonyl (C=O) groups is 1. The molecule has 0 saturated carbocycles. The first-order valence-electron chi connectivity index (χ1n) is 8.80. The van der Waals surface area contributed by atoms with Crippen LogP contribution in [-0.4, -0.2) is 28.9 Å². The summed E-state index contributed by atoms with van der Waals surface area (Å²) in [5.74, 6) is 0.470. The van der Waals surface area contributed by atoms with Gasteiger partial charge in [0.05, 0.1) is 5.56 Å². The van der Waals surface area contributed by atoms with Crippen molar-refractivity contribution in [1.29, 1.82) is 0 Å². The van der Waals surface area contributed by atoms with Crippen molar-refractivity contribution in [2.45, 2.75) is 19.3 Å². The van der Waals surface area contributed by atoms with Crippen LogP contribution >= 0.6 is 0 Å². The number of halogens is 1. The molecule has 25 heavy (non-hydrogen) atoms. The normalized spacial score (nSPS) is 15.6. The molecule has 128 valence electrons. The predicted molar refractivity (Wildman–Crippen MR) is 97.0 cm³/mol. The molecular formula is C21H21FN2O. The Bertz CT molecular complexity index is 876. The van der Waals surface area contributed by atoms with Crippen LogP contribution < -0.4 is 0 Å². The molecule has 0 aliphatic carbocycles. The number of likely N-dealkylation sites (tertiary alicyclic amines) is 1. The maximum atomic E-state index is 13.0. The Hall–Kier alpha value is -2.62. The number of nitrogens with one attached hydrogen (secondary N) is 1. The van der Waals surface area contributed by atoms with Gasteiger partial charge in [0.25, 0.3) is 5.91 Å². The Balaban J connectivity index is 1.39. The van der Waals surface area contributed by atoms with E-state index in [1.165, 1.54) is 17.7 Å². The van der Waals surface area contributed by atoms with Gasteiger partial charge in [0.1, 0.15) is 5.82 Å². The van der Waals surface area contributed by atoms with E-state index in [9.17, 15) is 9.18 Å². The average molecular weight is 336 g/mol. The molecule has 0 spiro atoms. The second kappa shape index (κ2) is 6.71. The van der Waals surface area contributed by atoms with E-state index in [1.54, 1.807) is 0 Å². The molecule has 1 aromatic heterocycles. The third kappa shape index (κ3) is 3.29. The highest BCUT2D eigenvalue weighted by Gasteiger charge is 2.25. The van der Waals surface area contributed by atoms with Crippen LogP contribution in [0.1, 0.15) is 28.8 Å². The first-order chi connectivity index (χ1) is 12.2. The molecule has 0 atom stereocenters. The number of piperidine rings is 1. The van der Waals surface area contributed by atoms with E-state index >= 15 is 0 Å². The topological polar surface area (TPSA) is 36.1 Å². The molecule has 1 aliphatic rings. The minimum Gasteiger partial charge on any atom is -0.360 e. The number of aromatic nitrogens is 1. The monoisotopic (exact) mass is 336 g/mol. The smallest absolute Gasteiger partial charge is 0.256 e. The maximum Gasteiger partial charge on any atom is 0.256 e. The van der Waals surface area contributed by atoms with Gasteiger partial charge in [0.15, 0.2) is 0 Å². The number of para-hydroxylation sites is 1. The average Bonchev–Trinajstić information content (AvgIpc) is 3.08. The molecule has 4 heteroatoms. The number of aromatic amines is 1. The standard InChI is InChI=1S/C21H21FN2O/c22-17-7-5-15(6-8-17)13-16-9-11-24(12-10-16)21(25)19-14-23-20-4-2-1-3-18(19)20/h1-8,14,16,23H,9-13H2. The quantitative estimate of drug-likeness (QED) is 0.756. The molecule has 2 aromatic carbocycles. The number of carbonyl (C=O) groups excluding carboxylic acids is 1. The largest absolute Gasteiger partial charge is 0.360 e. The van der Waals surface area contributed by atoms with Crippen molar-refractivity contribution in [3.05, 3.63) is 71.7 Å². The molecule has 1 N–H and O–H groups in total. The van der Waals surface area contributed by atoms with Gasteiger partial charge in [-0.2, -0.15) is 0 Å². The van der Waals surface area contributed by atoms with Crippen LogP contribution in [0.25, 0.3) is 10.9 Å². The summed E-state index contributed by atoms with van der Waals surface area (Å²) in [4.78, 5) is 18.0. The van der Waals surface area contributed by atoms with Gasteiger partial charge in [0, 0.05) is 30.2 Å². The maximum absolute atomic E-state index is 13.0. The highest BCUT2D eigenvalue weighted by molar-refractivity contribution is 6.06. The lowest BCUT2D eigenvalue weighted by Gasteiger charge is -2.32. The Kier molecular flexibility index (Phi) is 4.26. The van der Waals surface area contributed by atoms with Crippen LogP contribution in [0.2, 0.25) is 0 Å². The van der Waals surface area contributed by atoms with Gasteiger partial charge in [-0.25, -0.2) is 4.39 Å². The van der Waals surface area contributed by atoms with Crippen molar-refractivity contribution >= 4 is 16.8 Å². The second-order valence-electron chi connectivity index (χ2n) is 6.81. The fraction of sp³-hybridized carbons (Fsp3) is 0.286. The summed E-state index contributed by atoms with van der Waals surface area (Å²) >= 11 is 0. The van der Waals surface area contributed by atoms with Crippen LogP contribution in [0.4, 0.5) is 4.39 Å². The Morgan fingerprint density at radius 1 is 1.08 bits per heavy atom. The van der Waals surface area contributed by atoms with Gasteiger partial charge in [-0.05, 0) is 48.9 Å². The number of amides is 1. The van der Waals surface area contributed by atoms with Crippen LogP contribution in [0.15, 0.2) is 54.7 Å². The molecule has 3 aromatic rings. The number of hydrogen-bond donors (Lipinski definition) is 1. The minimum atomic E-state index is -0.192. The number of benzene rings is 2. The van der Waals surface area contributed by atoms with Crippen molar-refractivity contribution in [2.75, 3.05) is 13.1 Å². The number of nitrogens with zero attached hydrogens (tertiary/aromatic N) is 1. The molecule has 1 saturated heterocycles. The number of rotatable bonds is 3. The van der Waals surface area contributed by atoms with E-state index in [1.807, 2.05) is 47.5 Å². The van der Waals surface area contributed by atoms with Gasteiger partial charge in [-0.1, -0.05) is 30.3 Å². The van der Waals surface area contributed by atoms with Crippen molar-refractivity contribution in [2.24, 2.45) is 5.92 Å². The summed E-state index contributed by atoms with van der Waals surface area (Å²) in [5.41, 5.74) is 2.92. The van der Waals surface area contributed by atoms with Gasteiger partial charge >= 0.3 is 0 Å². The van der Waals surface area contributed by atoms with Gasteiger partial charge in [-0.15, -0.1) is 0 Å². The first kappa shape index (κ1) is 15.9. The van der Waals surface area contributed by atoms with E-state index in [2.05, 4.69) is 4.98 Å². The summed E-state index contributed by atoms with van der Waals surface area (Å²) < 4.78 is 13.0. The van der Waals surface area contributed by atoms with Crippen LogP contribution in [-0.2, 0) is 6.42 Å². The van der Waals surface area contributed by atoms with Crippen molar-refractivity contribution in [1.82, 2.24) is 9.88 Å². The summed E-state index contributed by atoms with van der Waals surface area (Å²) in [7, 11) is 0. The van der Waals surface area contributed by atoms with Crippen molar-refractivity contribution in [3.63, 3.8) is 0 Å². The molecular weight excluding hydrogens is 315 g/mol. The zero-order valence-corrected chi connectivity index (χ0v) is 14.0. The first-order valence-corrected chi connectivity index (χ1v) is 8.80. The zero-order valence-electron chi connectivity index (χ0n) is 14.0. The molecule has 1 aliphatic heterocycles. The molecule has 0 bridgehead atoms. The van der Waals surface area contributed by atoms with Crippen molar-refractivity contribution < 1.29 is 9.18 Å². The predicted octanol–water partition coefficient (Wildman–Crippen LogP) is 4.40. The van der Waals surface area contributed by atoms with Gasteiger partial charge in [0.2, 0.25) is 0 Å². The van der Waals surface area contributed by atoms with E-state index in [0.29, 0.717) is 5.92 Å². The Morgan fingerprint density at radius 3 is 2.56 bits per heavy atom. The van der Waals surface area contributed by atoms with Crippen LogP contribution in [0.3, 0.4) is 0 Å². The lowest BCUT2D eigenvalue weighted by molar-refractivity contribution is 0.0692. The Labute approximate surface area is 146 Å². The molecule has 3 nitrogen and oxygen atoms in total. The fourth-order valence-electron chi connectivity index (χ4n) is 3.71. The van der Waals surface area contributed by atoms with Crippen molar-refractivity contribution in [3.8, 4) is 0 Å². The molecule has 4 rings (SSSR count). The van der Waals surface area contributed by atoms with Crippen LogP contribution in [0, 0.1) is 11.7 Å². The highest BCUT2D eigenvalue weighted by Crippen LogP contribution is 2.25. The summed E-state index contributed by atoms with van der Waals surface area (Å²) in [6.07, 6.45) is 4.75. The van der Waals surface area contributed by atoms with Gasteiger partial charge < -0.3 is 9.88 Å². The Morgan fingerprint density at radius 2 is 1.80 bits per heavy atom. The SMILES string of the molecule is O=C(c1c[nH]c2ccccc12)N1CCC(Cc2ccc(F)cc2)CC1. The van der Waals surface area contributed by atoms with E-state index < -0.39 is 0 Å². The van der Waals surface area contributed by atoms with E-state index in [-0.39, 0.29) is 11.7 Å². The third-order valence-corrected chi connectivity index (χ3v) is 5.16. The van der Waals surface area contributed by atoms with Gasteiger partial charge in [-0.3, -0.25) is 4.79 Å². The molecule has 1 fully saturated rings. The third-order valence-electron chi connectivity index (χ3n) is 5.16. The summed E-state index contributed by atoms with van der Waals surface area (Å²) in [6.45, 7) is 1.56. The molecule has 0 radical (unpaired) electrons. The fourth-order valence-corrected chi connectivity index (χ4v) is 3.71. The number of H-pyrrole nitrogens is 1. The number of fused-ring (bicyclic) bond motifs is 1. The lowest BCUT2D eigenvalue weighted by atomic mass is 9.90.